The molecule has 2 unspecified atom stereocenters. The number of nitrogens with zero attached hydrogens (tertiary/aromatic N) is 2. The number of halogens is 2. The van der Waals surface area contributed by atoms with Crippen molar-refractivity contribution >= 4 is 17.3 Å². The molecule has 1 aromatic carbocycles. The predicted molar refractivity (Wildman–Crippen MR) is 56.4 cm³/mol. The molecule has 1 fully saturated rings. The lowest BCUT2D eigenvalue weighted by atomic mass is 9.96. The first-order valence-corrected chi connectivity index (χ1v) is 5.05. The van der Waals surface area contributed by atoms with E-state index in [1.807, 2.05) is 18.2 Å². The van der Waals surface area contributed by atoms with Crippen LogP contribution in [0.1, 0.15) is 11.5 Å². The summed E-state index contributed by atoms with van der Waals surface area (Å²) in [5.74, 6) is 0.240. The van der Waals surface area contributed by atoms with Crippen molar-refractivity contribution in [1.82, 2.24) is 5.32 Å². The Balaban J connectivity index is 0.00000112. The second-order valence-electron chi connectivity index (χ2n) is 3.44. The molecule has 1 aliphatic rings. The van der Waals surface area contributed by atoms with Gasteiger partial charge in [0.05, 0.1) is 10.9 Å². The molecule has 15 heavy (non-hydrogen) atoms. The fourth-order valence-corrected chi connectivity index (χ4v) is 2.18. The van der Waals surface area contributed by atoms with Crippen molar-refractivity contribution in [3.05, 3.63) is 34.8 Å². The van der Waals surface area contributed by atoms with E-state index in [2.05, 4.69) is 10.3 Å². The number of hydrogen-bond acceptors (Lipinski definition) is 2. The Hall–Kier alpha value is -0.820. The second-order valence-corrected chi connectivity index (χ2v) is 4.00. The van der Waals surface area contributed by atoms with Crippen LogP contribution in [0.4, 0.5) is 5.69 Å². The van der Waals surface area contributed by atoms with Gasteiger partial charge in [0, 0.05) is 25.1 Å². The lowest BCUT2D eigenvalue weighted by Crippen LogP contribution is -3.00. The van der Waals surface area contributed by atoms with Crippen LogP contribution >= 0.6 is 11.6 Å². The van der Waals surface area contributed by atoms with Gasteiger partial charge in [0.15, 0.2) is 4.98 Å². The Morgan fingerprint density at radius 3 is 2.67 bits per heavy atom. The highest BCUT2D eigenvalue weighted by atomic mass is 35.5. The molecule has 0 saturated carbocycles. The van der Waals surface area contributed by atoms with Gasteiger partial charge in [-0.1, -0.05) is 18.2 Å². The molecule has 1 heterocycles. The molecule has 0 aliphatic carbocycles. The summed E-state index contributed by atoms with van der Waals surface area (Å²) in [7, 11) is 0. The van der Waals surface area contributed by atoms with Gasteiger partial charge in [0.25, 0.3) is 0 Å². The Kier molecular flexibility index (Phi) is 4.34. The summed E-state index contributed by atoms with van der Waals surface area (Å²) in [5, 5.41) is 12.1. The summed E-state index contributed by atoms with van der Waals surface area (Å²) < 4.78 is 0. The van der Waals surface area contributed by atoms with E-state index in [1.54, 1.807) is 6.07 Å². The van der Waals surface area contributed by atoms with E-state index in [9.17, 15) is 0 Å². The summed E-state index contributed by atoms with van der Waals surface area (Å²) in [6.45, 7) is 1.66. The summed E-state index contributed by atoms with van der Waals surface area (Å²) >= 11 is 6.16. The van der Waals surface area contributed by atoms with Crippen LogP contribution < -0.4 is 17.7 Å². The zero-order valence-corrected chi connectivity index (χ0v) is 9.54. The van der Waals surface area contributed by atoms with Crippen LogP contribution in [0.15, 0.2) is 24.3 Å². The molecule has 1 aromatic rings. The highest BCUT2D eigenvalue weighted by Crippen LogP contribution is 2.33. The Morgan fingerprint density at radius 2 is 2.07 bits per heavy atom. The molecule has 80 valence electrons. The maximum atomic E-state index is 8.83. The third-order valence-electron chi connectivity index (χ3n) is 2.58. The molecule has 0 spiro atoms. The van der Waals surface area contributed by atoms with Gasteiger partial charge in [-0.25, -0.2) is 0 Å². The summed E-state index contributed by atoms with van der Waals surface area (Å²) in [4.78, 5) is 3.26. The van der Waals surface area contributed by atoms with Gasteiger partial charge in [-0.2, -0.15) is 0 Å². The van der Waals surface area contributed by atoms with Crippen molar-refractivity contribution in [2.24, 2.45) is 0 Å². The SMILES string of the molecule is N#[N+]c1ccccc1C1CNCC1Cl.[Cl-]. The highest BCUT2D eigenvalue weighted by Gasteiger charge is 2.31. The van der Waals surface area contributed by atoms with E-state index >= 15 is 0 Å². The van der Waals surface area contributed by atoms with Gasteiger partial charge in [-0.05, 0) is 0 Å². The minimum Gasteiger partial charge on any atom is -1.00 e. The van der Waals surface area contributed by atoms with E-state index in [4.69, 9.17) is 17.0 Å². The minimum absolute atomic E-state index is 0. The maximum Gasteiger partial charge on any atom is 0.388 e. The average molecular weight is 244 g/mol. The quantitative estimate of drug-likeness (QED) is 0.533. The topological polar surface area (TPSA) is 40.2 Å². The van der Waals surface area contributed by atoms with Crippen molar-refractivity contribution in [1.29, 1.82) is 5.39 Å². The van der Waals surface area contributed by atoms with Crippen LogP contribution in [-0.4, -0.2) is 18.5 Å². The van der Waals surface area contributed by atoms with E-state index in [0.29, 0.717) is 5.69 Å². The number of nitrogens with one attached hydrogen (secondary N) is 1. The van der Waals surface area contributed by atoms with Gasteiger partial charge >= 0.3 is 5.69 Å². The monoisotopic (exact) mass is 243 g/mol. The van der Waals surface area contributed by atoms with E-state index in [0.717, 1.165) is 18.7 Å². The first kappa shape index (κ1) is 12.3. The van der Waals surface area contributed by atoms with Gasteiger partial charge in [-0.15, -0.1) is 11.6 Å². The van der Waals surface area contributed by atoms with Crippen molar-refractivity contribution in [2.45, 2.75) is 11.3 Å². The van der Waals surface area contributed by atoms with Gasteiger partial charge in [0.1, 0.15) is 0 Å². The zero-order chi connectivity index (χ0) is 9.97. The Morgan fingerprint density at radius 1 is 1.33 bits per heavy atom. The van der Waals surface area contributed by atoms with Crippen LogP contribution in [0.2, 0.25) is 0 Å². The van der Waals surface area contributed by atoms with E-state index in [1.165, 1.54) is 0 Å². The molecule has 5 heteroatoms. The van der Waals surface area contributed by atoms with Gasteiger partial charge < -0.3 is 17.7 Å². The summed E-state index contributed by atoms with van der Waals surface area (Å²) in [5.41, 5.74) is 1.63. The molecule has 1 saturated heterocycles. The molecule has 0 aromatic heterocycles. The molecule has 0 radical (unpaired) electrons. The largest absolute Gasteiger partial charge is 1.00 e. The van der Waals surface area contributed by atoms with Gasteiger partial charge in [0.2, 0.25) is 5.39 Å². The van der Waals surface area contributed by atoms with E-state index < -0.39 is 0 Å². The normalized spacial score (nSPS) is 24.3. The predicted octanol–water partition coefficient (Wildman–Crippen LogP) is -0.531. The number of alkyl halides is 1. The van der Waals surface area contributed by atoms with Crippen molar-refractivity contribution in [2.75, 3.05) is 13.1 Å². The molecule has 3 nitrogen and oxygen atoms in total. The highest BCUT2D eigenvalue weighted by molar-refractivity contribution is 6.21. The van der Waals surface area contributed by atoms with Crippen LogP contribution in [0, 0.1) is 5.39 Å². The van der Waals surface area contributed by atoms with E-state index in [-0.39, 0.29) is 23.7 Å². The van der Waals surface area contributed by atoms with Crippen molar-refractivity contribution in [3.8, 4) is 0 Å². The molecule has 1 aliphatic heterocycles. The lowest BCUT2D eigenvalue weighted by molar-refractivity contribution is -0.00000297. The summed E-state index contributed by atoms with van der Waals surface area (Å²) in [6.07, 6.45) is 0. The van der Waals surface area contributed by atoms with Crippen molar-refractivity contribution in [3.63, 3.8) is 0 Å². The Bertz CT molecular complexity index is 375. The fraction of sp³-hybridized carbons (Fsp3) is 0.400. The molecule has 2 atom stereocenters. The molecule has 0 bridgehead atoms. The Labute approximate surface area is 99.9 Å². The minimum atomic E-state index is 0. The zero-order valence-electron chi connectivity index (χ0n) is 8.03. The molecule has 1 N–H and O–H groups in total. The standard InChI is InChI=1S/C10H11ClN3.ClH/c11-9-6-13-5-8(9)7-3-1-2-4-10(7)14-12;/h1-4,8-9,13H,5-6H2;1H/q+1;/p-1. The maximum absolute atomic E-state index is 8.83. The second kappa shape index (κ2) is 5.32. The number of diazo groups is 1. The van der Waals surface area contributed by atoms with Crippen LogP contribution in [0.25, 0.3) is 4.98 Å². The first-order chi connectivity index (χ1) is 6.83. The van der Waals surface area contributed by atoms with Crippen molar-refractivity contribution < 1.29 is 12.4 Å². The molecule has 0 amide bonds. The average Bonchev–Trinajstić information content (AvgIpc) is 2.64. The van der Waals surface area contributed by atoms with Crippen LogP contribution in [-0.2, 0) is 0 Å². The fourth-order valence-electron chi connectivity index (χ4n) is 1.84. The first-order valence-electron chi connectivity index (χ1n) is 4.61. The van der Waals surface area contributed by atoms with Crippen LogP contribution in [0.3, 0.4) is 0 Å². The third kappa shape index (κ3) is 2.40. The number of hydrogen-bond donors (Lipinski definition) is 1. The summed E-state index contributed by atoms with van der Waals surface area (Å²) in [6, 6.07) is 7.54. The third-order valence-corrected chi connectivity index (χ3v) is 3.04. The van der Waals surface area contributed by atoms with Crippen LogP contribution in [0.5, 0.6) is 0 Å². The number of benzene rings is 1. The lowest BCUT2D eigenvalue weighted by Gasteiger charge is -2.09. The molecular weight excluding hydrogens is 233 g/mol. The number of rotatable bonds is 1. The molecule has 2 rings (SSSR count). The molecular formula is C10H11Cl2N3. The van der Waals surface area contributed by atoms with Gasteiger partial charge in [-0.3, -0.25) is 0 Å². The smallest absolute Gasteiger partial charge is 0.388 e.